The highest BCUT2D eigenvalue weighted by molar-refractivity contribution is 6.05. The lowest BCUT2D eigenvalue weighted by Crippen LogP contribution is -2.44. The lowest BCUT2D eigenvalue weighted by Gasteiger charge is -2.34. The number of aryl methyl sites for hydroxylation is 2. The minimum absolute atomic E-state index is 0.0513. The molecule has 3 aliphatic heterocycles. The van der Waals surface area contributed by atoms with E-state index in [-0.39, 0.29) is 36.3 Å². The second kappa shape index (κ2) is 16.5. The van der Waals surface area contributed by atoms with Crippen LogP contribution in [0.5, 0.6) is 5.88 Å². The second-order valence-electron chi connectivity index (χ2n) is 15.6. The van der Waals surface area contributed by atoms with Crippen LogP contribution in [0.1, 0.15) is 73.0 Å². The first-order chi connectivity index (χ1) is 28.0. The number of nitrogens with one attached hydrogen (secondary N) is 4. The predicted molar refractivity (Wildman–Crippen MR) is 216 cm³/mol. The number of amides is 3. The maximum Gasteiger partial charge on any atom is 0.258 e. The zero-order valence-electron chi connectivity index (χ0n) is 32.9. The number of carbonyl (C=O) groups excluding carboxylic acids is 3. The molecule has 5 aromatic rings. The number of imide groups is 1. The molecule has 3 amide bonds. The van der Waals surface area contributed by atoms with Crippen molar-refractivity contribution in [2.75, 3.05) is 48.3 Å². The molecule has 6 heterocycles. The molecule has 4 N–H and O–H groups in total. The molecule has 2 bridgehead atoms. The van der Waals surface area contributed by atoms with Gasteiger partial charge in [-0.25, -0.2) is 18.4 Å². The fourth-order valence-electron chi connectivity index (χ4n) is 8.28. The number of pyridine rings is 1. The Morgan fingerprint density at radius 2 is 1.74 bits per heavy atom. The highest BCUT2D eigenvalue weighted by atomic mass is 19.1. The van der Waals surface area contributed by atoms with Crippen molar-refractivity contribution >= 4 is 46.1 Å². The smallest absolute Gasteiger partial charge is 0.258 e. The van der Waals surface area contributed by atoms with Gasteiger partial charge in [0.25, 0.3) is 5.91 Å². The first-order valence-electron chi connectivity index (χ1n) is 20.0. The number of rotatable bonds is 7. The number of anilines is 3. The van der Waals surface area contributed by atoms with E-state index in [2.05, 4.69) is 43.9 Å². The normalized spacial score (nSPS) is 19.4. The lowest BCUT2D eigenvalue weighted by molar-refractivity contribution is -0.134. The summed E-state index contributed by atoms with van der Waals surface area (Å²) in [6.45, 7) is 7.84. The first kappa shape index (κ1) is 38.9. The van der Waals surface area contributed by atoms with Crippen LogP contribution in [0.2, 0.25) is 0 Å². The van der Waals surface area contributed by atoms with Crippen molar-refractivity contribution in [1.29, 1.82) is 0 Å². The monoisotopic (exact) mass is 794 g/mol. The van der Waals surface area contributed by atoms with Gasteiger partial charge in [-0.05, 0) is 87.4 Å². The quantitative estimate of drug-likeness (QED) is 0.120. The number of ether oxygens (including phenoxy) is 1. The Bertz CT molecular complexity index is 2350. The zero-order valence-corrected chi connectivity index (χ0v) is 32.9. The Morgan fingerprint density at radius 3 is 2.52 bits per heavy atom. The van der Waals surface area contributed by atoms with Crippen LogP contribution in [-0.4, -0.2) is 80.9 Å². The number of carbonyl (C=O) groups is 3. The lowest BCUT2D eigenvalue weighted by atomic mass is 9.89. The molecule has 2 fully saturated rings. The highest BCUT2D eigenvalue weighted by Gasteiger charge is 2.33. The molecule has 304 valence electrons. The predicted octanol–water partition coefficient (Wildman–Crippen LogP) is 5.67. The number of nitrogens with zero attached hydrogens (tertiary/aromatic N) is 6. The summed E-state index contributed by atoms with van der Waals surface area (Å²) in [7, 11) is 1.83. The van der Waals surface area contributed by atoms with Crippen molar-refractivity contribution in [3.8, 4) is 17.1 Å². The van der Waals surface area contributed by atoms with Crippen molar-refractivity contribution < 1.29 is 27.9 Å². The first-order valence-corrected chi connectivity index (χ1v) is 20.0. The van der Waals surface area contributed by atoms with E-state index < -0.39 is 29.4 Å². The molecule has 0 radical (unpaired) electrons. The summed E-state index contributed by atoms with van der Waals surface area (Å²) in [5.41, 5.74) is 5.30. The van der Waals surface area contributed by atoms with Crippen LogP contribution in [0.4, 0.5) is 26.1 Å². The van der Waals surface area contributed by atoms with Gasteiger partial charge in [0.05, 0.1) is 41.0 Å². The third kappa shape index (κ3) is 8.24. The fraction of sp³-hybridized carbons (Fsp3) is 0.429. The molecule has 16 heteroatoms. The van der Waals surface area contributed by atoms with Crippen molar-refractivity contribution in [2.45, 2.75) is 70.9 Å². The van der Waals surface area contributed by atoms with Gasteiger partial charge in [0, 0.05) is 80.4 Å². The number of aromatic nitrogens is 5. The van der Waals surface area contributed by atoms with Crippen molar-refractivity contribution in [1.82, 2.24) is 34.9 Å². The molecule has 2 aromatic carbocycles. The van der Waals surface area contributed by atoms with Crippen LogP contribution >= 0.6 is 0 Å². The van der Waals surface area contributed by atoms with Gasteiger partial charge in [-0.15, -0.1) is 0 Å². The van der Waals surface area contributed by atoms with Gasteiger partial charge in [0.15, 0.2) is 0 Å². The molecule has 0 aliphatic carbocycles. The number of imidazole rings is 1. The van der Waals surface area contributed by atoms with Crippen LogP contribution < -0.4 is 30.9 Å². The Kier molecular flexibility index (Phi) is 11.1. The highest BCUT2D eigenvalue weighted by Crippen LogP contribution is 2.34. The van der Waals surface area contributed by atoms with E-state index in [1.165, 1.54) is 12.1 Å². The number of hydrogen-bond acceptors (Lipinski definition) is 10. The van der Waals surface area contributed by atoms with Gasteiger partial charge in [-0.2, -0.15) is 5.10 Å². The van der Waals surface area contributed by atoms with Crippen LogP contribution in [0.15, 0.2) is 48.7 Å². The summed E-state index contributed by atoms with van der Waals surface area (Å²) in [6.07, 6.45) is 5.19. The van der Waals surface area contributed by atoms with E-state index >= 15 is 8.78 Å². The molecule has 0 saturated carbocycles. The zero-order chi connectivity index (χ0) is 40.5. The summed E-state index contributed by atoms with van der Waals surface area (Å²) in [4.78, 5) is 49.1. The van der Waals surface area contributed by atoms with Crippen molar-refractivity contribution in [2.24, 2.45) is 13.0 Å². The molecule has 0 unspecified atom stereocenters. The molecule has 14 nitrogen and oxygen atoms in total. The standard InChI is InChI=1S/C42H48F2N10O4/c1-24-5-4-16-58-41-31(22-47-52(41)3)35-18-26(17-25(2)48-35)39(56)51-42-49-34-8-6-28(19-36(34)54(42)23-24)46-13-12-45-27-10-14-53(15-11-27)29-20-32(43)38(33(44)21-29)30-7-9-37(55)50-40(30)57/h6,8,17-22,24,27,30,45-46H,4-5,7,9-16,23H2,1-3H3,(H,49,51,56)(H,50,55,57)/t24-,30-/m1/s1. The number of fused-ring (bicyclic) bond motifs is 7. The summed E-state index contributed by atoms with van der Waals surface area (Å²) in [5, 5.41) is 16.8. The molecule has 58 heavy (non-hydrogen) atoms. The summed E-state index contributed by atoms with van der Waals surface area (Å²) in [6, 6.07) is 12.4. The molecule has 2 saturated heterocycles. The van der Waals surface area contributed by atoms with Gasteiger partial charge >= 0.3 is 0 Å². The van der Waals surface area contributed by atoms with Crippen molar-refractivity contribution in [3.63, 3.8) is 0 Å². The van der Waals surface area contributed by atoms with E-state index in [1.54, 1.807) is 23.0 Å². The third-order valence-corrected chi connectivity index (χ3v) is 11.3. The van der Waals surface area contributed by atoms with Crippen LogP contribution in [0.3, 0.4) is 0 Å². The fourth-order valence-corrected chi connectivity index (χ4v) is 8.28. The van der Waals surface area contributed by atoms with E-state index in [1.807, 2.05) is 31.0 Å². The SMILES string of the molecule is Cc1cc2cc(n1)-c1cnn(C)c1OCCC[C@@H](C)Cn1c(nc3ccc(NCCNC4CCN(c5cc(F)c([C@H]6CCC(=O)NC6=O)c(F)c5)CC4)cc31)NC2=O. The van der Waals surface area contributed by atoms with Gasteiger partial charge in [0.1, 0.15) is 11.6 Å². The average Bonchev–Trinajstić information content (AvgIpc) is 3.73. The maximum atomic E-state index is 15.2. The minimum atomic E-state index is -1.02. The van der Waals surface area contributed by atoms with Gasteiger partial charge in [0.2, 0.25) is 23.6 Å². The summed E-state index contributed by atoms with van der Waals surface area (Å²) >= 11 is 0. The molecular weight excluding hydrogens is 747 g/mol. The van der Waals surface area contributed by atoms with E-state index in [0.717, 1.165) is 48.0 Å². The number of halogens is 2. The van der Waals surface area contributed by atoms with Gasteiger partial charge in [-0.3, -0.25) is 30.0 Å². The van der Waals surface area contributed by atoms with E-state index in [4.69, 9.17) is 14.7 Å². The largest absolute Gasteiger partial charge is 0.477 e. The van der Waals surface area contributed by atoms with Gasteiger partial charge in [-0.1, -0.05) is 6.92 Å². The van der Waals surface area contributed by atoms with E-state index in [0.29, 0.717) is 73.8 Å². The Balaban J connectivity index is 0.896. The molecular formula is C42H48F2N10O4. The Hall–Kier alpha value is -5.90. The Morgan fingerprint density at radius 1 is 0.948 bits per heavy atom. The average molecular weight is 795 g/mol. The van der Waals surface area contributed by atoms with Gasteiger partial charge < -0.3 is 24.8 Å². The van der Waals surface area contributed by atoms with Crippen molar-refractivity contribution in [3.05, 3.63) is 77.1 Å². The maximum absolute atomic E-state index is 15.2. The Labute approximate surface area is 334 Å². The summed E-state index contributed by atoms with van der Waals surface area (Å²) in [5.74, 6) is -2.56. The van der Waals surface area contributed by atoms with Crippen LogP contribution in [0, 0.1) is 24.5 Å². The minimum Gasteiger partial charge on any atom is -0.477 e. The molecule has 2 atom stereocenters. The second-order valence-corrected chi connectivity index (χ2v) is 15.6. The third-order valence-electron chi connectivity index (χ3n) is 11.3. The number of benzene rings is 2. The van der Waals surface area contributed by atoms with E-state index in [9.17, 15) is 14.4 Å². The van der Waals surface area contributed by atoms with Crippen LogP contribution in [-0.2, 0) is 23.2 Å². The molecule has 3 aliphatic rings. The molecule has 0 spiro atoms. The number of hydrogen-bond donors (Lipinski definition) is 4. The number of piperidine rings is 2. The summed E-state index contributed by atoms with van der Waals surface area (Å²) < 4.78 is 40.3. The van der Waals surface area contributed by atoms with Crippen LogP contribution in [0.25, 0.3) is 22.3 Å². The molecule has 3 aromatic heterocycles. The topological polar surface area (TPSA) is 160 Å². The molecule has 8 rings (SSSR count).